The molecule has 0 fully saturated rings. The lowest BCUT2D eigenvalue weighted by atomic mass is 10.1. The number of unbranched alkanes of at least 4 members (excludes halogenated alkanes) is 2. The van der Waals surface area contributed by atoms with Gasteiger partial charge in [0, 0.05) is 0 Å². The van der Waals surface area contributed by atoms with E-state index in [0.717, 1.165) is 38.5 Å². The van der Waals surface area contributed by atoms with Crippen molar-refractivity contribution in [3.8, 4) is 0 Å². The molecule has 0 saturated carbocycles. The van der Waals surface area contributed by atoms with Crippen molar-refractivity contribution >= 4 is 9.84 Å². The summed E-state index contributed by atoms with van der Waals surface area (Å²) in [4.78, 5) is 0. The molecule has 0 bridgehead atoms. The molecule has 0 aromatic rings. The average molecular weight is 248 g/mol. The van der Waals surface area contributed by atoms with Crippen LogP contribution >= 0.6 is 0 Å². The van der Waals surface area contributed by atoms with Crippen LogP contribution in [0.25, 0.3) is 0 Å². The van der Waals surface area contributed by atoms with Crippen LogP contribution in [0.1, 0.15) is 73.1 Å². The largest absolute Gasteiger partial charge is 0.228 e. The van der Waals surface area contributed by atoms with Gasteiger partial charge in [0.1, 0.15) is 0 Å². The number of hydrogen-bond donors (Lipinski definition) is 0. The van der Waals surface area contributed by atoms with Crippen molar-refractivity contribution in [3.05, 3.63) is 0 Å². The third-order valence-corrected chi connectivity index (χ3v) is 6.11. The highest BCUT2D eigenvalue weighted by Crippen LogP contribution is 2.27. The second-order valence-corrected chi connectivity index (χ2v) is 8.55. The third kappa shape index (κ3) is 4.44. The molecule has 16 heavy (non-hydrogen) atoms. The Hall–Kier alpha value is -0.0500. The Morgan fingerprint density at radius 2 is 1.31 bits per heavy atom. The van der Waals surface area contributed by atoms with Crippen molar-refractivity contribution in [1.82, 2.24) is 0 Å². The van der Waals surface area contributed by atoms with E-state index in [0.29, 0.717) is 0 Å². The Balaban J connectivity index is 4.73. The molecule has 0 N–H and O–H groups in total. The Kier molecular flexibility index (Phi) is 6.61. The molecule has 0 aliphatic rings. The van der Waals surface area contributed by atoms with Crippen molar-refractivity contribution in [1.29, 1.82) is 0 Å². The van der Waals surface area contributed by atoms with E-state index >= 15 is 0 Å². The lowest BCUT2D eigenvalue weighted by Crippen LogP contribution is -2.37. The fourth-order valence-electron chi connectivity index (χ4n) is 1.82. The van der Waals surface area contributed by atoms with E-state index < -0.39 is 14.6 Å². The molecule has 2 nitrogen and oxygen atoms in total. The summed E-state index contributed by atoms with van der Waals surface area (Å²) in [6, 6.07) is 0. The summed E-state index contributed by atoms with van der Waals surface area (Å²) < 4.78 is 24.1. The van der Waals surface area contributed by atoms with E-state index in [9.17, 15) is 8.42 Å². The van der Waals surface area contributed by atoms with E-state index in [1.165, 1.54) is 0 Å². The SMILES string of the molecule is CCCCC(CCCC)S(=O)(=O)C(C)(C)C. The van der Waals surface area contributed by atoms with Crippen LogP contribution in [-0.2, 0) is 9.84 Å². The average Bonchev–Trinajstić information content (AvgIpc) is 2.16. The van der Waals surface area contributed by atoms with Gasteiger partial charge in [-0.25, -0.2) is 8.42 Å². The third-order valence-electron chi connectivity index (χ3n) is 3.05. The minimum atomic E-state index is -2.98. The van der Waals surface area contributed by atoms with Gasteiger partial charge in [0.2, 0.25) is 0 Å². The van der Waals surface area contributed by atoms with Crippen LogP contribution in [0.15, 0.2) is 0 Å². The van der Waals surface area contributed by atoms with Crippen LogP contribution in [0.5, 0.6) is 0 Å². The van der Waals surface area contributed by atoms with Crippen molar-refractivity contribution in [2.75, 3.05) is 0 Å². The molecular formula is C13H28O2S. The molecule has 0 aromatic carbocycles. The zero-order valence-electron chi connectivity index (χ0n) is 11.5. The summed E-state index contributed by atoms with van der Waals surface area (Å²) in [5.41, 5.74) is 0. The molecular weight excluding hydrogens is 220 g/mol. The van der Waals surface area contributed by atoms with Gasteiger partial charge in [-0.1, -0.05) is 39.5 Å². The highest BCUT2D eigenvalue weighted by molar-refractivity contribution is 7.93. The molecule has 0 atom stereocenters. The zero-order valence-corrected chi connectivity index (χ0v) is 12.4. The Morgan fingerprint density at radius 3 is 1.56 bits per heavy atom. The number of hydrogen-bond acceptors (Lipinski definition) is 2. The van der Waals surface area contributed by atoms with Gasteiger partial charge < -0.3 is 0 Å². The minimum Gasteiger partial charge on any atom is -0.228 e. The Morgan fingerprint density at radius 1 is 0.938 bits per heavy atom. The number of sulfone groups is 1. The molecule has 98 valence electrons. The van der Waals surface area contributed by atoms with E-state index in [4.69, 9.17) is 0 Å². The van der Waals surface area contributed by atoms with Crippen LogP contribution in [-0.4, -0.2) is 18.4 Å². The summed E-state index contributed by atoms with van der Waals surface area (Å²) in [5, 5.41) is -0.132. The molecule has 0 spiro atoms. The summed E-state index contributed by atoms with van der Waals surface area (Å²) >= 11 is 0. The standard InChI is InChI=1S/C13H28O2S/c1-6-8-10-12(11-9-7-2)16(14,15)13(3,4)5/h12H,6-11H2,1-5H3. The topological polar surface area (TPSA) is 34.1 Å². The highest BCUT2D eigenvalue weighted by atomic mass is 32.2. The normalized spacial score (nSPS) is 13.4. The van der Waals surface area contributed by atoms with E-state index in [1.54, 1.807) is 0 Å². The van der Waals surface area contributed by atoms with Crippen LogP contribution < -0.4 is 0 Å². The van der Waals surface area contributed by atoms with Gasteiger partial charge in [-0.3, -0.25) is 0 Å². The van der Waals surface area contributed by atoms with Gasteiger partial charge in [0.05, 0.1) is 10.00 Å². The van der Waals surface area contributed by atoms with Crippen molar-refractivity contribution < 1.29 is 8.42 Å². The molecule has 0 saturated heterocycles. The predicted octanol–water partition coefficient (Wildman–Crippen LogP) is 3.95. The summed E-state index contributed by atoms with van der Waals surface area (Å²) in [5.74, 6) is 0. The molecule has 0 unspecified atom stereocenters. The molecule has 0 aromatic heterocycles. The van der Waals surface area contributed by atoms with Crippen LogP contribution in [0.3, 0.4) is 0 Å². The first-order valence-electron chi connectivity index (χ1n) is 6.50. The van der Waals surface area contributed by atoms with Gasteiger partial charge >= 0.3 is 0 Å². The summed E-state index contributed by atoms with van der Waals surface area (Å²) in [6.07, 6.45) is 5.84. The molecule has 3 heteroatoms. The lowest BCUT2D eigenvalue weighted by Gasteiger charge is -2.27. The Bertz CT molecular complexity index is 265. The summed E-state index contributed by atoms with van der Waals surface area (Å²) in [6.45, 7) is 9.66. The number of rotatable bonds is 7. The maximum atomic E-state index is 12.4. The van der Waals surface area contributed by atoms with Gasteiger partial charge in [-0.05, 0) is 33.6 Å². The van der Waals surface area contributed by atoms with E-state index in [2.05, 4.69) is 13.8 Å². The quantitative estimate of drug-likeness (QED) is 0.683. The van der Waals surface area contributed by atoms with Crippen molar-refractivity contribution in [2.45, 2.75) is 83.1 Å². The van der Waals surface area contributed by atoms with Gasteiger partial charge in [0.15, 0.2) is 9.84 Å². The first kappa shape index (κ1) is 16.0. The van der Waals surface area contributed by atoms with Crippen LogP contribution in [0, 0.1) is 0 Å². The smallest absolute Gasteiger partial charge is 0.158 e. The molecule has 0 radical (unpaired) electrons. The van der Waals surface area contributed by atoms with Crippen molar-refractivity contribution in [2.24, 2.45) is 0 Å². The van der Waals surface area contributed by atoms with Gasteiger partial charge in [-0.15, -0.1) is 0 Å². The van der Waals surface area contributed by atoms with Crippen molar-refractivity contribution in [3.63, 3.8) is 0 Å². The second kappa shape index (κ2) is 6.63. The predicted molar refractivity (Wildman–Crippen MR) is 71.5 cm³/mol. The second-order valence-electron chi connectivity index (χ2n) is 5.56. The highest BCUT2D eigenvalue weighted by Gasteiger charge is 2.35. The molecule has 0 rings (SSSR count). The van der Waals surface area contributed by atoms with Gasteiger partial charge in [-0.2, -0.15) is 0 Å². The first-order chi connectivity index (χ1) is 7.27. The monoisotopic (exact) mass is 248 g/mol. The maximum Gasteiger partial charge on any atom is 0.158 e. The van der Waals surface area contributed by atoms with Crippen LogP contribution in [0.4, 0.5) is 0 Å². The Labute approximate surface area is 102 Å². The molecule has 0 amide bonds. The van der Waals surface area contributed by atoms with Crippen LogP contribution in [0.2, 0.25) is 0 Å². The maximum absolute atomic E-state index is 12.4. The molecule has 0 heterocycles. The van der Waals surface area contributed by atoms with E-state index in [-0.39, 0.29) is 5.25 Å². The summed E-state index contributed by atoms with van der Waals surface area (Å²) in [7, 11) is -2.98. The van der Waals surface area contributed by atoms with E-state index in [1.807, 2.05) is 20.8 Å². The zero-order chi connectivity index (χ0) is 12.8. The molecule has 0 aliphatic heterocycles. The molecule has 0 aliphatic carbocycles. The van der Waals surface area contributed by atoms with Gasteiger partial charge in [0.25, 0.3) is 0 Å². The first-order valence-corrected chi connectivity index (χ1v) is 8.05. The fourth-order valence-corrected chi connectivity index (χ4v) is 3.77. The fraction of sp³-hybridized carbons (Fsp3) is 1.00. The minimum absolute atomic E-state index is 0.132. The lowest BCUT2D eigenvalue weighted by molar-refractivity contribution is 0.513.